The van der Waals surface area contributed by atoms with Gasteiger partial charge < -0.3 is 20.6 Å². The first-order chi connectivity index (χ1) is 11.0. The van der Waals surface area contributed by atoms with Gasteiger partial charge >= 0.3 is 0 Å². The summed E-state index contributed by atoms with van der Waals surface area (Å²) in [6.07, 6.45) is 2.22. The molecule has 24 heavy (non-hydrogen) atoms. The molecule has 0 spiro atoms. The van der Waals surface area contributed by atoms with E-state index in [0.717, 1.165) is 43.7 Å². The Bertz CT molecular complexity index is 673. The number of hydrogen-bond donors (Lipinski definition) is 2. The van der Waals surface area contributed by atoms with Gasteiger partial charge in [-0.25, -0.2) is 0 Å². The summed E-state index contributed by atoms with van der Waals surface area (Å²) in [4.78, 5) is 28.7. The van der Waals surface area contributed by atoms with Crippen molar-refractivity contribution in [2.45, 2.75) is 31.2 Å². The SMILES string of the molecule is Cl.NC(=O)CC1C(=O)N(C2CN3CCC2CC3)c2ccc(O)cc21. The average Bonchev–Trinajstić information content (AvgIpc) is 2.80. The second-order valence-electron chi connectivity index (χ2n) is 6.88. The van der Waals surface area contributed by atoms with Gasteiger partial charge in [0.15, 0.2) is 0 Å². The zero-order valence-corrected chi connectivity index (χ0v) is 14.2. The Balaban J connectivity index is 0.00000169. The minimum Gasteiger partial charge on any atom is -0.508 e. The summed E-state index contributed by atoms with van der Waals surface area (Å²) < 4.78 is 0. The van der Waals surface area contributed by atoms with Crippen molar-refractivity contribution in [3.63, 3.8) is 0 Å². The molecule has 2 atom stereocenters. The summed E-state index contributed by atoms with van der Waals surface area (Å²) in [6.45, 7) is 3.10. The number of rotatable bonds is 3. The topological polar surface area (TPSA) is 86.9 Å². The summed E-state index contributed by atoms with van der Waals surface area (Å²) in [5, 5.41) is 9.78. The van der Waals surface area contributed by atoms with Crippen molar-refractivity contribution < 1.29 is 14.7 Å². The van der Waals surface area contributed by atoms with Crippen molar-refractivity contribution in [1.82, 2.24) is 4.90 Å². The van der Waals surface area contributed by atoms with E-state index in [4.69, 9.17) is 5.73 Å². The highest BCUT2D eigenvalue weighted by Crippen LogP contribution is 2.45. The molecule has 3 saturated heterocycles. The third kappa shape index (κ3) is 2.63. The summed E-state index contributed by atoms with van der Waals surface area (Å²) in [5.41, 5.74) is 6.89. The predicted molar refractivity (Wildman–Crippen MR) is 92.3 cm³/mol. The molecule has 1 aromatic carbocycles. The number of primary amides is 1. The highest BCUT2D eigenvalue weighted by atomic mass is 35.5. The maximum absolute atomic E-state index is 13.0. The van der Waals surface area contributed by atoms with Crippen LogP contribution in [0.1, 0.15) is 30.7 Å². The van der Waals surface area contributed by atoms with Crippen LogP contribution in [0.5, 0.6) is 5.75 Å². The quantitative estimate of drug-likeness (QED) is 0.857. The standard InChI is InChI=1S/C17H21N3O3.ClH/c18-16(22)8-13-12-7-11(21)1-2-14(12)20(17(13)23)15-9-19-5-3-10(15)4-6-19;/h1-2,7,10,13,15,21H,3-6,8-9H2,(H2,18,22);1H. The molecular weight excluding hydrogens is 330 g/mol. The summed E-state index contributed by atoms with van der Waals surface area (Å²) in [7, 11) is 0. The van der Waals surface area contributed by atoms with E-state index in [1.807, 2.05) is 4.90 Å². The second kappa shape index (κ2) is 6.26. The molecule has 1 aromatic rings. The molecule has 5 rings (SSSR count). The van der Waals surface area contributed by atoms with Crippen LogP contribution in [0, 0.1) is 5.92 Å². The zero-order valence-electron chi connectivity index (χ0n) is 13.4. The highest BCUT2D eigenvalue weighted by molar-refractivity contribution is 6.07. The number of phenolic OH excluding ortho intramolecular Hbond substituents is 1. The molecule has 0 aliphatic carbocycles. The number of nitrogens with zero attached hydrogens (tertiary/aromatic N) is 2. The predicted octanol–water partition coefficient (Wildman–Crippen LogP) is 1.21. The van der Waals surface area contributed by atoms with Crippen molar-refractivity contribution in [3.05, 3.63) is 23.8 Å². The van der Waals surface area contributed by atoms with Gasteiger partial charge in [-0.3, -0.25) is 9.59 Å². The van der Waals surface area contributed by atoms with Crippen molar-refractivity contribution in [1.29, 1.82) is 0 Å². The number of carbonyl (C=O) groups excluding carboxylic acids is 2. The number of phenols is 1. The fraction of sp³-hybridized carbons (Fsp3) is 0.529. The van der Waals surface area contributed by atoms with Crippen LogP contribution in [0.15, 0.2) is 18.2 Å². The zero-order chi connectivity index (χ0) is 16.1. The molecule has 0 radical (unpaired) electrons. The lowest BCUT2D eigenvalue weighted by molar-refractivity contribution is -0.125. The first kappa shape index (κ1) is 17.0. The molecule has 3 N–H and O–H groups in total. The number of benzene rings is 1. The lowest BCUT2D eigenvalue weighted by Gasteiger charge is -2.48. The maximum Gasteiger partial charge on any atom is 0.235 e. The molecule has 4 aliphatic heterocycles. The van der Waals surface area contributed by atoms with E-state index in [1.165, 1.54) is 0 Å². The van der Waals surface area contributed by atoms with Crippen molar-refractivity contribution in [3.8, 4) is 5.75 Å². The molecule has 130 valence electrons. The first-order valence-corrected chi connectivity index (χ1v) is 8.21. The molecular formula is C17H22ClN3O3. The van der Waals surface area contributed by atoms with Gasteiger partial charge in [-0.2, -0.15) is 0 Å². The normalized spacial score (nSPS) is 30.8. The van der Waals surface area contributed by atoms with E-state index in [0.29, 0.717) is 5.92 Å². The van der Waals surface area contributed by atoms with Gasteiger partial charge in [0.05, 0.1) is 12.0 Å². The summed E-state index contributed by atoms with van der Waals surface area (Å²) in [5.74, 6) is -0.485. The average molecular weight is 352 g/mol. The second-order valence-corrected chi connectivity index (χ2v) is 6.88. The molecule has 4 heterocycles. The number of anilines is 1. The smallest absolute Gasteiger partial charge is 0.235 e. The number of aromatic hydroxyl groups is 1. The molecule has 3 fully saturated rings. The van der Waals surface area contributed by atoms with Crippen molar-refractivity contribution in [2.75, 3.05) is 24.5 Å². The van der Waals surface area contributed by atoms with E-state index in [9.17, 15) is 14.7 Å². The van der Waals surface area contributed by atoms with Gasteiger partial charge in [0.2, 0.25) is 11.8 Å². The Morgan fingerprint density at radius 1 is 1.29 bits per heavy atom. The van der Waals surface area contributed by atoms with Crippen molar-refractivity contribution in [2.24, 2.45) is 11.7 Å². The minimum absolute atomic E-state index is 0. The first-order valence-electron chi connectivity index (χ1n) is 8.21. The molecule has 2 bridgehead atoms. The number of halogens is 1. The third-order valence-corrected chi connectivity index (χ3v) is 5.54. The Labute approximate surface area is 147 Å². The van der Waals surface area contributed by atoms with Crippen LogP contribution in [0.3, 0.4) is 0 Å². The number of hydrogen-bond acceptors (Lipinski definition) is 4. The number of piperidine rings is 3. The molecule has 4 aliphatic rings. The molecule has 2 amide bonds. The lowest BCUT2D eigenvalue weighted by Crippen LogP contribution is -2.58. The molecule has 0 aromatic heterocycles. The van der Waals surface area contributed by atoms with Gasteiger partial charge in [0.1, 0.15) is 5.75 Å². The van der Waals surface area contributed by atoms with Crippen LogP contribution in [0.25, 0.3) is 0 Å². The van der Waals surface area contributed by atoms with E-state index in [1.54, 1.807) is 18.2 Å². The van der Waals surface area contributed by atoms with E-state index in [2.05, 4.69) is 4.90 Å². The fourth-order valence-electron chi connectivity index (χ4n) is 4.43. The van der Waals surface area contributed by atoms with Crippen LogP contribution in [0.2, 0.25) is 0 Å². The van der Waals surface area contributed by atoms with Crippen LogP contribution in [-0.2, 0) is 9.59 Å². The minimum atomic E-state index is -0.565. The molecule has 7 heteroatoms. The van der Waals surface area contributed by atoms with Crippen LogP contribution < -0.4 is 10.6 Å². The molecule has 6 nitrogen and oxygen atoms in total. The fourth-order valence-corrected chi connectivity index (χ4v) is 4.43. The van der Waals surface area contributed by atoms with Crippen LogP contribution in [0.4, 0.5) is 5.69 Å². The van der Waals surface area contributed by atoms with Crippen LogP contribution in [-0.4, -0.2) is 47.5 Å². The lowest BCUT2D eigenvalue weighted by atomic mass is 9.83. The Morgan fingerprint density at radius 3 is 2.58 bits per heavy atom. The third-order valence-electron chi connectivity index (χ3n) is 5.54. The maximum atomic E-state index is 13.0. The van der Waals surface area contributed by atoms with Gasteiger partial charge in [-0.15, -0.1) is 12.4 Å². The largest absolute Gasteiger partial charge is 0.508 e. The molecule has 0 saturated carbocycles. The highest BCUT2D eigenvalue weighted by Gasteiger charge is 2.46. The van der Waals surface area contributed by atoms with Gasteiger partial charge in [0.25, 0.3) is 0 Å². The monoisotopic (exact) mass is 351 g/mol. The van der Waals surface area contributed by atoms with E-state index >= 15 is 0 Å². The van der Waals surface area contributed by atoms with Gasteiger partial charge in [-0.1, -0.05) is 0 Å². The Morgan fingerprint density at radius 2 is 2.00 bits per heavy atom. The van der Waals surface area contributed by atoms with Gasteiger partial charge in [-0.05, 0) is 55.6 Å². The number of carbonyl (C=O) groups is 2. The number of fused-ring (bicyclic) bond motifs is 4. The summed E-state index contributed by atoms with van der Waals surface area (Å²) >= 11 is 0. The number of amides is 2. The van der Waals surface area contributed by atoms with E-state index < -0.39 is 11.8 Å². The van der Waals surface area contributed by atoms with Crippen molar-refractivity contribution >= 4 is 29.9 Å². The number of nitrogens with two attached hydrogens (primary N) is 1. The van der Waals surface area contributed by atoms with Crippen LogP contribution >= 0.6 is 12.4 Å². The van der Waals surface area contributed by atoms with Gasteiger partial charge in [0, 0.05) is 18.7 Å². The Kier molecular flexibility index (Phi) is 4.44. The Hall–Kier alpha value is -1.79. The molecule has 2 unspecified atom stereocenters. The summed E-state index contributed by atoms with van der Waals surface area (Å²) in [6, 6.07) is 5.16. The van der Waals surface area contributed by atoms with E-state index in [-0.39, 0.29) is 36.5 Å².